The summed E-state index contributed by atoms with van der Waals surface area (Å²) in [6, 6.07) is 5.11. The number of anilines is 1. The van der Waals surface area contributed by atoms with Crippen LogP contribution in [-0.4, -0.2) is 28.0 Å². The Hall–Kier alpha value is -3.67. The fraction of sp³-hybridized carbons (Fsp3) is 0.318. The van der Waals surface area contributed by atoms with E-state index in [0.29, 0.717) is 17.0 Å². The van der Waals surface area contributed by atoms with Gasteiger partial charge in [-0.05, 0) is 29.3 Å². The van der Waals surface area contributed by atoms with Gasteiger partial charge in [0.15, 0.2) is 11.5 Å². The topological polar surface area (TPSA) is 116 Å². The van der Waals surface area contributed by atoms with Crippen LogP contribution < -0.4 is 14.8 Å². The molecule has 0 aliphatic carbocycles. The van der Waals surface area contributed by atoms with Crippen molar-refractivity contribution in [2.24, 2.45) is 0 Å². The maximum absolute atomic E-state index is 13.1. The molecule has 0 unspecified atom stereocenters. The average Bonchev–Trinajstić information content (AvgIpc) is 2.77. The third-order valence-corrected chi connectivity index (χ3v) is 4.35. The molecule has 3 aromatic rings. The van der Waals surface area contributed by atoms with E-state index < -0.39 is 28.3 Å². The highest BCUT2D eigenvalue weighted by Gasteiger charge is 2.32. The number of ether oxygens (including phenoxy) is 2. The van der Waals surface area contributed by atoms with Crippen LogP contribution in [0.1, 0.15) is 39.3 Å². The number of nitro groups is 1. The van der Waals surface area contributed by atoms with E-state index in [1.54, 1.807) is 0 Å². The van der Waals surface area contributed by atoms with Crippen molar-refractivity contribution in [3.05, 3.63) is 56.9 Å². The zero-order chi connectivity index (χ0) is 25.6. The molecule has 0 spiro atoms. The second-order valence-corrected chi connectivity index (χ2v) is 6.79. The zero-order valence-electron chi connectivity index (χ0n) is 18.5. The van der Waals surface area contributed by atoms with Gasteiger partial charge >= 0.3 is 12.1 Å². The van der Waals surface area contributed by atoms with Gasteiger partial charge in [0, 0.05) is 37.1 Å². The van der Waals surface area contributed by atoms with Crippen molar-refractivity contribution in [2.45, 2.75) is 40.9 Å². The Morgan fingerprint density at radius 1 is 1.14 bits per heavy atom. The number of esters is 1. The van der Waals surface area contributed by atoms with Crippen LogP contribution in [0.5, 0.6) is 11.5 Å². The summed E-state index contributed by atoms with van der Waals surface area (Å²) in [5.41, 5.74) is -1.57. The Morgan fingerprint density at radius 3 is 2.34 bits per heavy atom. The molecule has 0 fully saturated rings. The van der Waals surface area contributed by atoms with Gasteiger partial charge in [0.25, 0.3) is 5.69 Å². The number of nitrogens with zero attached hydrogens (tertiary/aromatic N) is 3. The lowest BCUT2D eigenvalue weighted by Gasteiger charge is -2.14. The SMILES string of the molecule is C.CC.COc1cc2nc(Cl)nc(NCc3cc([N+](=O)[O-])cc(C(F)(F)F)c3)c2cc1OC(C)=O. The summed E-state index contributed by atoms with van der Waals surface area (Å²) < 4.78 is 49.6. The fourth-order valence-corrected chi connectivity index (χ4v) is 3.04. The summed E-state index contributed by atoms with van der Waals surface area (Å²) in [5.74, 6) is -0.238. The van der Waals surface area contributed by atoms with Crippen molar-refractivity contribution in [3.63, 3.8) is 0 Å². The van der Waals surface area contributed by atoms with Crippen LogP contribution in [0.3, 0.4) is 0 Å². The molecule has 0 amide bonds. The minimum atomic E-state index is -4.76. The molecule has 3 rings (SSSR count). The van der Waals surface area contributed by atoms with Crippen molar-refractivity contribution in [2.75, 3.05) is 12.4 Å². The van der Waals surface area contributed by atoms with Crippen LogP contribution >= 0.6 is 11.6 Å². The molecule has 35 heavy (non-hydrogen) atoms. The number of nitrogens with one attached hydrogen (secondary N) is 1. The van der Waals surface area contributed by atoms with E-state index in [2.05, 4.69) is 15.3 Å². The number of aromatic nitrogens is 2. The summed E-state index contributed by atoms with van der Waals surface area (Å²) in [6.07, 6.45) is -4.76. The van der Waals surface area contributed by atoms with E-state index in [9.17, 15) is 28.1 Å². The molecule has 2 aromatic carbocycles. The van der Waals surface area contributed by atoms with Gasteiger partial charge < -0.3 is 14.8 Å². The molecule has 0 atom stereocenters. The summed E-state index contributed by atoms with van der Waals surface area (Å²) in [5, 5.41) is 14.0. The van der Waals surface area contributed by atoms with E-state index in [1.165, 1.54) is 26.2 Å². The number of nitro benzene ring substituents is 1. The Bertz CT molecular complexity index is 1220. The Labute approximate surface area is 204 Å². The highest BCUT2D eigenvalue weighted by Crippen LogP contribution is 2.36. The van der Waals surface area contributed by atoms with E-state index in [1.807, 2.05) is 13.8 Å². The second-order valence-electron chi connectivity index (χ2n) is 6.45. The number of non-ortho nitro benzene ring substituents is 1. The van der Waals surface area contributed by atoms with Crippen LogP contribution in [0.4, 0.5) is 24.7 Å². The fourth-order valence-electron chi connectivity index (χ4n) is 2.87. The van der Waals surface area contributed by atoms with Gasteiger partial charge in [0.1, 0.15) is 5.82 Å². The molecule has 0 aliphatic rings. The number of fused-ring (bicyclic) bond motifs is 1. The van der Waals surface area contributed by atoms with Gasteiger partial charge in [0.2, 0.25) is 5.28 Å². The van der Waals surface area contributed by atoms with E-state index in [4.69, 9.17) is 21.1 Å². The lowest BCUT2D eigenvalue weighted by Crippen LogP contribution is -2.09. The third-order valence-electron chi connectivity index (χ3n) is 4.18. The second kappa shape index (κ2) is 12.2. The number of carbonyl (C=O) groups excluding carboxylic acids is 1. The minimum absolute atomic E-state index is 0. The maximum atomic E-state index is 13.1. The molecule has 190 valence electrons. The summed E-state index contributed by atoms with van der Waals surface area (Å²) in [7, 11) is 1.36. The number of rotatable bonds is 6. The monoisotopic (exact) mass is 516 g/mol. The van der Waals surface area contributed by atoms with E-state index in [-0.39, 0.29) is 42.1 Å². The molecule has 1 heterocycles. The Kier molecular flexibility index (Phi) is 10.2. The number of halogens is 4. The number of benzene rings is 2. The molecule has 1 N–H and O–H groups in total. The smallest absolute Gasteiger partial charge is 0.416 e. The van der Waals surface area contributed by atoms with Crippen LogP contribution in [0.15, 0.2) is 30.3 Å². The van der Waals surface area contributed by atoms with Gasteiger partial charge in [-0.25, -0.2) is 9.97 Å². The standard InChI is InChI=1S/C19H14ClF3N4O5.C2H6.CH4/c1-9(28)32-16-6-13-14(7-15(16)31-2)25-18(20)26-17(13)24-8-10-3-11(19(21,22)23)5-12(4-10)27(29)30;1-2;/h3-7H,8H2,1-2H3,(H,24,25,26);1-2H3;1H4. The van der Waals surface area contributed by atoms with Gasteiger partial charge in [-0.2, -0.15) is 13.2 Å². The quantitative estimate of drug-likeness (QED) is 0.131. The normalized spacial score (nSPS) is 10.5. The largest absolute Gasteiger partial charge is 0.493 e. The number of alkyl halides is 3. The molecule has 13 heteroatoms. The summed E-state index contributed by atoms with van der Waals surface area (Å²) in [4.78, 5) is 29.6. The zero-order valence-corrected chi connectivity index (χ0v) is 19.2. The number of carbonyl (C=O) groups is 1. The Morgan fingerprint density at radius 2 is 1.80 bits per heavy atom. The van der Waals surface area contributed by atoms with Crippen LogP contribution in [-0.2, 0) is 17.5 Å². The third kappa shape index (κ3) is 7.41. The molecule has 0 aliphatic heterocycles. The first-order valence-electron chi connectivity index (χ1n) is 9.81. The van der Waals surface area contributed by atoms with Crippen LogP contribution in [0, 0.1) is 10.1 Å². The summed E-state index contributed by atoms with van der Waals surface area (Å²) >= 11 is 5.95. The number of methoxy groups -OCH3 is 1. The molecule has 0 saturated carbocycles. The number of hydrogen-bond donors (Lipinski definition) is 1. The molecule has 0 radical (unpaired) electrons. The lowest BCUT2D eigenvalue weighted by molar-refractivity contribution is -0.385. The first-order valence-corrected chi connectivity index (χ1v) is 10.2. The molecule has 0 bridgehead atoms. The van der Waals surface area contributed by atoms with E-state index in [0.717, 1.165) is 12.1 Å². The molecule has 9 nitrogen and oxygen atoms in total. The first-order chi connectivity index (χ1) is 16.0. The molecule has 1 aromatic heterocycles. The number of hydrogen-bond acceptors (Lipinski definition) is 8. The van der Waals surface area contributed by atoms with Crippen molar-refractivity contribution in [3.8, 4) is 11.5 Å². The predicted molar refractivity (Wildman–Crippen MR) is 126 cm³/mol. The molecule has 0 saturated heterocycles. The highest BCUT2D eigenvalue weighted by molar-refractivity contribution is 6.28. The minimum Gasteiger partial charge on any atom is -0.493 e. The van der Waals surface area contributed by atoms with Gasteiger partial charge in [-0.3, -0.25) is 14.9 Å². The van der Waals surface area contributed by atoms with E-state index >= 15 is 0 Å². The van der Waals surface area contributed by atoms with Crippen molar-refractivity contribution in [1.82, 2.24) is 9.97 Å². The van der Waals surface area contributed by atoms with Crippen molar-refractivity contribution >= 4 is 40.0 Å². The van der Waals surface area contributed by atoms with Crippen molar-refractivity contribution < 1.29 is 32.4 Å². The van der Waals surface area contributed by atoms with Crippen LogP contribution in [0.2, 0.25) is 5.28 Å². The van der Waals surface area contributed by atoms with Crippen molar-refractivity contribution in [1.29, 1.82) is 0 Å². The molecular formula is C22H24ClF3N4O5. The van der Waals surface area contributed by atoms with Crippen LogP contribution in [0.25, 0.3) is 10.9 Å². The van der Waals surface area contributed by atoms with Gasteiger partial charge in [0.05, 0.1) is 23.1 Å². The lowest BCUT2D eigenvalue weighted by atomic mass is 10.1. The first kappa shape index (κ1) is 29.4. The Balaban J connectivity index is 0.00000199. The predicted octanol–water partition coefficient (Wildman–Crippen LogP) is 6.42. The van der Waals surface area contributed by atoms with Gasteiger partial charge in [-0.1, -0.05) is 21.3 Å². The van der Waals surface area contributed by atoms with Gasteiger partial charge in [-0.15, -0.1) is 0 Å². The highest BCUT2D eigenvalue weighted by atomic mass is 35.5. The average molecular weight is 517 g/mol. The maximum Gasteiger partial charge on any atom is 0.416 e. The summed E-state index contributed by atoms with van der Waals surface area (Å²) in [6.45, 7) is 4.95. The molecular weight excluding hydrogens is 493 g/mol.